The van der Waals surface area contributed by atoms with Gasteiger partial charge < -0.3 is 19.7 Å². The summed E-state index contributed by atoms with van der Waals surface area (Å²) in [5.41, 5.74) is 1.91. The van der Waals surface area contributed by atoms with E-state index in [2.05, 4.69) is 4.74 Å². The van der Waals surface area contributed by atoms with E-state index in [9.17, 15) is 9.59 Å². The molecule has 2 N–H and O–H groups in total. The van der Waals surface area contributed by atoms with Crippen LogP contribution in [0.1, 0.15) is 12.0 Å². The van der Waals surface area contributed by atoms with Gasteiger partial charge in [0.2, 0.25) is 0 Å². The number of hydrogen-bond donors (Lipinski definition) is 2. The van der Waals surface area contributed by atoms with Crippen LogP contribution in [0.25, 0.3) is 0 Å². The molecule has 1 aromatic rings. The van der Waals surface area contributed by atoms with Gasteiger partial charge in [0, 0.05) is 37.2 Å². The number of benzene rings is 1. The van der Waals surface area contributed by atoms with Crippen LogP contribution in [0.4, 0.5) is 0 Å². The average Bonchev–Trinajstić information content (AvgIpc) is 3.08. The Morgan fingerprint density at radius 3 is 2.40 bits per heavy atom. The van der Waals surface area contributed by atoms with E-state index in [-0.39, 0.29) is 18.4 Å². The Hall–Kier alpha value is -2.44. The number of methoxy groups -OCH3 is 1. The van der Waals surface area contributed by atoms with Crippen molar-refractivity contribution in [1.82, 2.24) is 0 Å². The van der Waals surface area contributed by atoms with E-state index in [4.69, 9.17) is 14.9 Å². The molecule has 25 heavy (non-hydrogen) atoms. The quantitative estimate of drug-likeness (QED) is 0.814. The predicted molar refractivity (Wildman–Crippen MR) is 92.7 cm³/mol. The average molecular weight is 348 g/mol. The molecule has 0 fully saturated rings. The summed E-state index contributed by atoms with van der Waals surface area (Å²) in [6.45, 7) is 0.501. The first-order valence-electron chi connectivity index (χ1n) is 7.84. The Balaban J connectivity index is 0.000000241. The van der Waals surface area contributed by atoms with Gasteiger partial charge >= 0.3 is 5.97 Å². The minimum atomic E-state index is -0.909. The minimum absolute atomic E-state index is 0.00681. The Kier molecular flexibility index (Phi) is 9.21. The molecule has 0 radical (unpaired) electrons. The summed E-state index contributed by atoms with van der Waals surface area (Å²) >= 11 is 0. The molecule has 3 rings (SSSR count). The second-order valence-electron chi connectivity index (χ2n) is 5.53. The van der Waals surface area contributed by atoms with Gasteiger partial charge in [-0.15, -0.1) is 0 Å². The molecule has 6 heteroatoms. The Morgan fingerprint density at radius 2 is 1.92 bits per heavy atom. The summed E-state index contributed by atoms with van der Waals surface area (Å²) in [6.07, 6.45) is 4.49. The number of aliphatic hydroxyl groups excluding tert-OH is 1. The normalized spacial score (nSPS) is 20.3. The Morgan fingerprint density at radius 1 is 1.28 bits per heavy atom. The third-order valence-corrected chi connectivity index (χ3v) is 3.81. The first-order valence-corrected chi connectivity index (χ1v) is 7.84. The summed E-state index contributed by atoms with van der Waals surface area (Å²) in [6, 6.07) is 9.52. The highest BCUT2D eigenvalue weighted by Gasteiger charge is 2.38. The molecule has 2 aliphatic rings. The molecule has 1 aliphatic heterocycles. The maximum atomic E-state index is 10.8. The maximum Gasteiger partial charge on any atom is 0.331 e. The van der Waals surface area contributed by atoms with Crippen molar-refractivity contribution in [1.29, 1.82) is 0 Å². The molecule has 0 bridgehead atoms. The van der Waals surface area contributed by atoms with Crippen LogP contribution in [0.3, 0.4) is 0 Å². The van der Waals surface area contributed by atoms with Crippen LogP contribution in [0.15, 0.2) is 53.8 Å². The van der Waals surface area contributed by atoms with Crippen LogP contribution in [-0.2, 0) is 25.7 Å². The van der Waals surface area contributed by atoms with Gasteiger partial charge in [0.1, 0.15) is 6.29 Å². The summed E-state index contributed by atoms with van der Waals surface area (Å²) < 4.78 is 9.32. The predicted octanol–water partition coefficient (Wildman–Crippen LogP) is 2.19. The van der Waals surface area contributed by atoms with Gasteiger partial charge in [0.25, 0.3) is 0 Å². The molecule has 0 aromatic heterocycles. The number of ether oxygens (including phenoxy) is 2. The topological polar surface area (TPSA) is 93.1 Å². The third kappa shape index (κ3) is 6.17. The molecular formula is C19H24O6. The SMILES string of the molecule is COC.O=CC1=COCC2C(C(=O)O)=CCC12.OCc1ccccc1. The molecule has 0 saturated heterocycles. The molecule has 0 spiro atoms. The largest absolute Gasteiger partial charge is 0.500 e. The highest BCUT2D eigenvalue weighted by atomic mass is 16.5. The lowest BCUT2D eigenvalue weighted by molar-refractivity contribution is -0.133. The lowest BCUT2D eigenvalue weighted by atomic mass is 9.85. The van der Waals surface area contributed by atoms with Crippen molar-refractivity contribution in [2.45, 2.75) is 13.0 Å². The second kappa shape index (κ2) is 11.2. The molecule has 1 aromatic carbocycles. The van der Waals surface area contributed by atoms with E-state index < -0.39 is 5.97 Å². The van der Waals surface area contributed by atoms with Gasteiger partial charge in [-0.2, -0.15) is 0 Å². The Labute approximate surface area is 147 Å². The van der Waals surface area contributed by atoms with Crippen molar-refractivity contribution in [3.63, 3.8) is 0 Å². The lowest BCUT2D eigenvalue weighted by Crippen LogP contribution is -2.26. The minimum Gasteiger partial charge on any atom is -0.500 e. The van der Waals surface area contributed by atoms with Gasteiger partial charge in [0.05, 0.1) is 19.5 Å². The summed E-state index contributed by atoms with van der Waals surface area (Å²) in [7, 11) is 3.25. The number of aldehydes is 1. The highest BCUT2D eigenvalue weighted by molar-refractivity contribution is 5.89. The smallest absolute Gasteiger partial charge is 0.331 e. The Bertz CT molecular complexity index is 606. The van der Waals surface area contributed by atoms with Crippen molar-refractivity contribution >= 4 is 12.3 Å². The van der Waals surface area contributed by atoms with Gasteiger partial charge in [0.15, 0.2) is 0 Å². The molecule has 6 nitrogen and oxygen atoms in total. The van der Waals surface area contributed by atoms with Crippen molar-refractivity contribution in [2.24, 2.45) is 11.8 Å². The number of carboxylic acids is 1. The highest BCUT2D eigenvalue weighted by Crippen LogP contribution is 2.38. The van der Waals surface area contributed by atoms with Crippen LogP contribution in [0.2, 0.25) is 0 Å². The zero-order valence-electron chi connectivity index (χ0n) is 14.4. The molecular weight excluding hydrogens is 324 g/mol. The van der Waals surface area contributed by atoms with Gasteiger partial charge in [-0.05, 0) is 12.0 Å². The van der Waals surface area contributed by atoms with Gasteiger partial charge in [-0.25, -0.2) is 4.79 Å². The van der Waals surface area contributed by atoms with Crippen molar-refractivity contribution in [3.8, 4) is 0 Å². The fourth-order valence-electron chi connectivity index (χ4n) is 2.64. The molecule has 1 heterocycles. The van der Waals surface area contributed by atoms with Crippen LogP contribution in [0.5, 0.6) is 0 Å². The number of aliphatic hydroxyl groups is 1. The zero-order chi connectivity index (χ0) is 18.7. The number of allylic oxidation sites excluding steroid dienone is 2. The first kappa shape index (κ1) is 20.6. The van der Waals surface area contributed by atoms with Crippen LogP contribution in [-0.4, -0.2) is 43.3 Å². The first-order chi connectivity index (χ1) is 12.1. The molecule has 0 saturated carbocycles. The standard InChI is InChI=1S/C10H10O4.C7H8O.C2H6O/c11-3-6-4-14-5-9-7(6)1-2-8(9)10(12)13;8-6-7-4-2-1-3-5-7;1-3-2/h2-4,7,9H,1,5H2,(H,12,13);1-5,8H,6H2;1-2H3. The monoisotopic (exact) mass is 348 g/mol. The van der Waals surface area contributed by atoms with Crippen LogP contribution < -0.4 is 0 Å². The van der Waals surface area contributed by atoms with Gasteiger partial charge in [-0.1, -0.05) is 36.4 Å². The van der Waals surface area contributed by atoms with E-state index in [1.807, 2.05) is 30.3 Å². The molecule has 136 valence electrons. The van der Waals surface area contributed by atoms with Crippen LogP contribution in [0, 0.1) is 11.8 Å². The fourth-order valence-corrected chi connectivity index (χ4v) is 2.64. The van der Waals surface area contributed by atoms with Crippen molar-refractivity contribution in [3.05, 3.63) is 59.4 Å². The summed E-state index contributed by atoms with van der Waals surface area (Å²) in [4.78, 5) is 21.5. The van der Waals surface area contributed by atoms with Gasteiger partial charge in [-0.3, -0.25) is 4.79 Å². The molecule has 0 amide bonds. The van der Waals surface area contributed by atoms with E-state index in [1.165, 1.54) is 6.26 Å². The van der Waals surface area contributed by atoms with E-state index in [0.29, 0.717) is 24.2 Å². The van der Waals surface area contributed by atoms with Crippen molar-refractivity contribution < 1.29 is 29.3 Å². The lowest BCUT2D eigenvalue weighted by Gasteiger charge is -2.25. The van der Waals surface area contributed by atoms with Crippen molar-refractivity contribution in [2.75, 3.05) is 20.8 Å². The number of fused-ring (bicyclic) bond motifs is 1. The number of carbonyl (C=O) groups is 2. The number of carboxylic acid groups (broad SMARTS) is 1. The van der Waals surface area contributed by atoms with E-state index in [0.717, 1.165) is 11.8 Å². The molecule has 1 aliphatic carbocycles. The zero-order valence-corrected chi connectivity index (χ0v) is 14.4. The fraction of sp³-hybridized carbons (Fsp3) is 0.368. The maximum absolute atomic E-state index is 10.8. The third-order valence-electron chi connectivity index (χ3n) is 3.81. The number of hydrogen-bond acceptors (Lipinski definition) is 5. The van der Waals surface area contributed by atoms with E-state index >= 15 is 0 Å². The number of aliphatic carboxylic acids is 1. The summed E-state index contributed by atoms with van der Waals surface area (Å²) in [5.74, 6) is -1.06. The molecule has 2 unspecified atom stereocenters. The summed E-state index contributed by atoms with van der Waals surface area (Å²) in [5, 5.41) is 17.4. The molecule has 2 atom stereocenters. The van der Waals surface area contributed by atoms with E-state index in [1.54, 1.807) is 20.3 Å². The second-order valence-corrected chi connectivity index (χ2v) is 5.53. The number of carbonyl (C=O) groups excluding carboxylic acids is 1. The van der Waals surface area contributed by atoms with Crippen LogP contribution >= 0.6 is 0 Å². The number of rotatable bonds is 3.